The maximum absolute atomic E-state index is 13.7. The molecule has 2 fully saturated rings. The van der Waals surface area contributed by atoms with Crippen LogP contribution in [0.25, 0.3) is 0 Å². The van der Waals surface area contributed by atoms with Crippen molar-refractivity contribution < 1.29 is 22.7 Å². The number of hydrogen-bond donors (Lipinski definition) is 1. The zero-order valence-electron chi connectivity index (χ0n) is 24.6. The number of sulfone groups is 1. The van der Waals surface area contributed by atoms with Crippen LogP contribution in [0.3, 0.4) is 0 Å². The van der Waals surface area contributed by atoms with Crippen LogP contribution in [0, 0.1) is 6.92 Å². The number of thioether (sulfide) groups is 1. The second-order valence-corrected chi connectivity index (χ2v) is 14.8. The van der Waals surface area contributed by atoms with Crippen molar-refractivity contribution in [1.82, 2.24) is 5.32 Å². The molecule has 2 aromatic rings. The van der Waals surface area contributed by atoms with E-state index >= 15 is 0 Å². The molecule has 3 atom stereocenters. The van der Waals surface area contributed by atoms with Gasteiger partial charge in [-0.2, -0.15) is 4.99 Å². The summed E-state index contributed by atoms with van der Waals surface area (Å²) in [5.74, 6) is -0.488. The SMILES string of the molecule is CCN(CC)c1ccc(N2C(=NC(=O)[C@H](Cc3ccccc3)NC(=O)OC(C)(C)C)S[C@H]3CS(=O)(=O)C[C@H]32)c(C)c1. The van der Waals surface area contributed by atoms with Crippen LogP contribution >= 0.6 is 11.8 Å². The van der Waals surface area contributed by atoms with Gasteiger partial charge in [0, 0.05) is 36.1 Å². The molecule has 0 spiro atoms. The third-order valence-corrected chi connectivity index (χ3v) is 10.3. The van der Waals surface area contributed by atoms with Crippen molar-refractivity contribution in [1.29, 1.82) is 0 Å². The van der Waals surface area contributed by atoms with Crippen molar-refractivity contribution in [2.45, 2.75) is 70.9 Å². The number of nitrogens with zero attached hydrogens (tertiary/aromatic N) is 3. The van der Waals surface area contributed by atoms with Crippen LogP contribution < -0.4 is 15.1 Å². The number of fused-ring (bicyclic) bond motifs is 1. The molecule has 2 amide bonds. The highest BCUT2D eigenvalue weighted by molar-refractivity contribution is 8.16. The molecule has 2 heterocycles. The van der Waals surface area contributed by atoms with E-state index in [9.17, 15) is 18.0 Å². The predicted octanol–water partition coefficient (Wildman–Crippen LogP) is 4.58. The Hall–Kier alpha value is -3.05. The number of alkyl carbamates (subject to hydrolysis) is 1. The number of anilines is 2. The van der Waals surface area contributed by atoms with Gasteiger partial charge < -0.3 is 19.9 Å². The van der Waals surface area contributed by atoms with Gasteiger partial charge in [0.05, 0.1) is 17.5 Å². The average Bonchev–Trinajstić information content (AvgIpc) is 3.34. The quantitative estimate of drug-likeness (QED) is 0.469. The molecule has 222 valence electrons. The second-order valence-electron chi connectivity index (χ2n) is 11.4. The van der Waals surface area contributed by atoms with Crippen LogP contribution in [0.5, 0.6) is 0 Å². The van der Waals surface area contributed by atoms with E-state index in [0.717, 1.165) is 35.6 Å². The van der Waals surface area contributed by atoms with Gasteiger partial charge in [-0.05, 0) is 70.9 Å². The van der Waals surface area contributed by atoms with Crippen LogP contribution in [0.2, 0.25) is 0 Å². The number of benzene rings is 2. The zero-order valence-corrected chi connectivity index (χ0v) is 26.2. The number of aryl methyl sites for hydroxylation is 1. The van der Waals surface area contributed by atoms with Crippen molar-refractivity contribution in [2.75, 3.05) is 34.4 Å². The van der Waals surface area contributed by atoms with Gasteiger partial charge in [-0.15, -0.1) is 0 Å². The van der Waals surface area contributed by atoms with E-state index in [1.165, 1.54) is 11.8 Å². The molecule has 11 heteroatoms. The summed E-state index contributed by atoms with van der Waals surface area (Å²) in [5, 5.41) is 2.92. The normalized spacial score (nSPS) is 21.4. The topological polar surface area (TPSA) is 108 Å². The Labute approximate surface area is 247 Å². The minimum atomic E-state index is -3.22. The van der Waals surface area contributed by atoms with Crippen LogP contribution in [-0.4, -0.2) is 73.1 Å². The summed E-state index contributed by atoms with van der Waals surface area (Å²) in [7, 11) is -3.22. The lowest BCUT2D eigenvalue weighted by Crippen LogP contribution is -2.45. The van der Waals surface area contributed by atoms with Gasteiger partial charge in [0.2, 0.25) is 0 Å². The highest BCUT2D eigenvalue weighted by atomic mass is 32.2. The Morgan fingerprint density at radius 3 is 2.41 bits per heavy atom. The lowest BCUT2D eigenvalue weighted by atomic mass is 10.1. The molecule has 0 aromatic heterocycles. The molecule has 0 saturated carbocycles. The molecule has 2 aromatic carbocycles. The fraction of sp³-hybridized carbons (Fsp3) is 0.500. The summed E-state index contributed by atoms with van der Waals surface area (Å²) in [6.07, 6.45) is -0.465. The zero-order chi connectivity index (χ0) is 29.9. The van der Waals surface area contributed by atoms with Crippen LogP contribution in [0.1, 0.15) is 45.7 Å². The largest absolute Gasteiger partial charge is 0.444 e. The molecule has 41 heavy (non-hydrogen) atoms. The van der Waals surface area contributed by atoms with Gasteiger partial charge in [-0.25, -0.2) is 13.2 Å². The monoisotopic (exact) mass is 600 g/mol. The number of nitrogens with one attached hydrogen (secondary N) is 1. The summed E-state index contributed by atoms with van der Waals surface area (Å²) in [6, 6.07) is 14.2. The van der Waals surface area contributed by atoms with Crippen molar-refractivity contribution in [2.24, 2.45) is 4.99 Å². The molecule has 0 bridgehead atoms. The molecular formula is C30H40N4O5S2. The van der Waals surface area contributed by atoms with Crippen molar-refractivity contribution in [3.63, 3.8) is 0 Å². The van der Waals surface area contributed by atoms with E-state index in [4.69, 9.17) is 4.74 Å². The van der Waals surface area contributed by atoms with Crippen molar-refractivity contribution in [3.8, 4) is 0 Å². The Morgan fingerprint density at radius 2 is 1.80 bits per heavy atom. The Balaban J connectivity index is 1.69. The minimum absolute atomic E-state index is 0.00127. The van der Waals surface area contributed by atoms with Crippen LogP contribution in [0.4, 0.5) is 16.2 Å². The Kier molecular flexibility index (Phi) is 9.38. The molecule has 1 N–H and O–H groups in total. The number of carbonyl (C=O) groups is 2. The molecule has 2 saturated heterocycles. The van der Waals surface area contributed by atoms with Crippen LogP contribution in [-0.2, 0) is 25.8 Å². The number of carbonyl (C=O) groups excluding carboxylic acids is 2. The molecule has 9 nitrogen and oxygen atoms in total. The molecule has 4 rings (SSSR count). The molecule has 0 aliphatic carbocycles. The summed E-state index contributed by atoms with van der Waals surface area (Å²) in [4.78, 5) is 35.1. The number of aliphatic imine (C=N–C) groups is 1. The van der Waals surface area contributed by atoms with Crippen LogP contribution in [0.15, 0.2) is 53.5 Å². The predicted molar refractivity (Wildman–Crippen MR) is 167 cm³/mol. The van der Waals surface area contributed by atoms with Gasteiger partial charge in [-0.1, -0.05) is 42.1 Å². The first-order chi connectivity index (χ1) is 19.3. The third-order valence-electron chi connectivity index (χ3n) is 7.11. The van der Waals surface area contributed by atoms with E-state index in [1.807, 2.05) is 54.3 Å². The minimum Gasteiger partial charge on any atom is -0.444 e. The van der Waals surface area contributed by atoms with E-state index in [0.29, 0.717) is 5.17 Å². The fourth-order valence-electron chi connectivity index (χ4n) is 5.21. The third kappa shape index (κ3) is 7.62. The Morgan fingerprint density at radius 1 is 1.12 bits per heavy atom. The number of ether oxygens (including phenoxy) is 1. The standard InChI is InChI=1S/C30H40N4O5S2/c1-7-33(8-2)22-14-15-24(20(3)16-22)34-25-18-41(37,38)19-26(25)40-28(34)32-27(35)23(17-21-12-10-9-11-13-21)31-29(36)39-30(4,5)6/h9-16,23,25-26H,7-8,17-19H2,1-6H3,(H,31,36)/t23-,25+,26-/m0/s1. The first-order valence-corrected chi connectivity index (χ1v) is 16.7. The second kappa shape index (κ2) is 12.4. The molecule has 0 unspecified atom stereocenters. The van der Waals surface area contributed by atoms with Crippen molar-refractivity contribution in [3.05, 3.63) is 59.7 Å². The summed E-state index contributed by atoms with van der Waals surface area (Å²) < 4.78 is 30.6. The summed E-state index contributed by atoms with van der Waals surface area (Å²) in [6.45, 7) is 13.2. The summed E-state index contributed by atoms with van der Waals surface area (Å²) >= 11 is 1.32. The van der Waals surface area contributed by atoms with Gasteiger partial charge in [0.15, 0.2) is 15.0 Å². The maximum atomic E-state index is 13.7. The molecule has 0 radical (unpaired) electrons. The highest BCUT2D eigenvalue weighted by Crippen LogP contribution is 2.42. The van der Waals surface area contributed by atoms with Crippen molar-refractivity contribution >= 4 is 50.1 Å². The smallest absolute Gasteiger partial charge is 0.408 e. The number of amidine groups is 1. The van der Waals surface area contributed by atoms with Gasteiger partial charge in [0.25, 0.3) is 5.91 Å². The molecular weight excluding hydrogens is 560 g/mol. The molecule has 2 aliphatic rings. The van der Waals surface area contributed by atoms with Gasteiger partial charge in [-0.3, -0.25) is 4.79 Å². The lowest BCUT2D eigenvalue weighted by molar-refractivity contribution is -0.119. The molecule has 2 aliphatic heterocycles. The Bertz CT molecular complexity index is 1400. The van der Waals surface area contributed by atoms with Gasteiger partial charge in [0.1, 0.15) is 11.6 Å². The van der Waals surface area contributed by atoms with E-state index < -0.39 is 33.5 Å². The number of hydrogen-bond acceptors (Lipinski definition) is 7. The maximum Gasteiger partial charge on any atom is 0.408 e. The summed E-state index contributed by atoms with van der Waals surface area (Å²) in [5.41, 5.74) is 3.00. The van der Waals surface area contributed by atoms with Gasteiger partial charge >= 0.3 is 6.09 Å². The first-order valence-electron chi connectivity index (χ1n) is 14.0. The highest BCUT2D eigenvalue weighted by Gasteiger charge is 2.50. The average molecular weight is 601 g/mol. The number of amides is 2. The van der Waals surface area contributed by atoms with E-state index in [2.05, 4.69) is 35.1 Å². The fourth-order valence-corrected chi connectivity index (χ4v) is 9.13. The number of rotatable bonds is 8. The lowest BCUT2D eigenvalue weighted by Gasteiger charge is -2.28. The first kappa shape index (κ1) is 30.9. The van der Waals surface area contributed by atoms with E-state index in [-0.39, 0.29) is 29.2 Å². The van der Waals surface area contributed by atoms with E-state index in [1.54, 1.807) is 20.8 Å².